The fourth-order valence-electron chi connectivity index (χ4n) is 2.85. The molecule has 1 saturated heterocycles. The number of phenols is 1. The van der Waals surface area contributed by atoms with E-state index in [0.717, 1.165) is 12.1 Å². The number of nitrogens with one attached hydrogen (secondary N) is 1. The molecule has 2 amide bonds. The van der Waals surface area contributed by atoms with E-state index in [-0.39, 0.29) is 28.3 Å². The van der Waals surface area contributed by atoms with Crippen molar-refractivity contribution in [2.24, 2.45) is 5.92 Å². The summed E-state index contributed by atoms with van der Waals surface area (Å²) in [6.45, 7) is 1.52. The summed E-state index contributed by atoms with van der Waals surface area (Å²) in [5.74, 6) is -3.97. The van der Waals surface area contributed by atoms with Gasteiger partial charge in [0.05, 0.1) is 17.4 Å². The minimum absolute atomic E-state index is 0.0612. The van der Waals surface area contributed by atoms with Crippen molar-refractivity contribution in [2.45, 2.75) is 6.92 Å². The van der Waals surface area contributed by atoms with Crippen LogP contribution in [0.5, 0.6) is 5.75 Å². The van der Waals surface area contributed by atoms with Gasteiger partial charge in [-0.25, -0.2) is 17.5 Å². The van der Waals surface area contributed by atoms with Gasteiger partial charge in [-0.15, -0.1) is 0 Å². The van der Waals surface area contributed by atoms with Gasteiger partial charge in [0, 0.05) is 17.3 Å². The molecule has 0 saturated carbocycles. The van der Waals surface area contributed by atoms with Crippen LogP contribution in [0.3, 0.4) is 0 Å². The van der Waals surface area contributed by atoms with E-state index in [1.165, 1.54) is 37.3 Å². The van der Waals surface area contributed by atoms with Gasteiger partial charge < -0.3 is 15.5 Å². The average molecular weight is 404 g/mol. The van der Waals surface area contributed by atoms with Crippen LogP contribution in [-0.4, -0.2) is 42.2 Å². The second-order valence-corrected chi connectivity index (χ2v) is 8.19. The zero-order valence-electron chi connectivity index (χ0n) is 14.6. The summed E-state index contributed by atoms with van der Waals surface area (Å²) in [7, 11) is -3.79. The van der Waals surface area contributed by atoms with E-state index in [4.69, 9.17) is 5.11 Å². The van der Waals surface area contributed by atoms with Crippen molar-refractivity contribution in [1.82, 2.24) is 0 Å². The average Bonchev–Trinajstić information content (AvgIpc) is 2.81. The minimum Gasteiger partial charge on any atom is -0.507 e. The molecule has 3 rings (SSSR count). The smallest absolute Gasteiger partial charge is 0.339 e. The Morgan fingerprint density at radius 2 is 1.89 bits per heavy atom. The molecule has 1 aliphatic rings. The number of hydrogen-bond acceptors (Lipinski definition) is 6. The van der Waals surface area contributed by atoms with Gasteiger partial charge in [-0.05, 0) is 30.3 Å². The number of benzene rings is 2. The zero-order valence-corrected chi connectivity index (χ0v) is 15.4. The fourth-order valence-corrected chi connectivity index (χ4v) is 4.67. The number of aromatic carboxylic acids is 1. The molecule has 0 bridgehead atoms. The third-order valence-electron chi connectivity index (χ3n) is 4.19. The first-order valence-corrected chi connectivity index (χ1v) is 9.75. The Bertz CT molecular complexity index is 1090. The predicted octanol–water partition coefficient (Wildman–Crippen LogP) is 1.66. The Morgan fingerprint density at radius 3 is 2.46 bits per heavy atom. The molecule has 2 aromatic rings. The first kappa shape index (κ1) is 19.4. The van der Waals surface area contributed by atoms with Gasteiger partial charge in [0.25, 0.3) is 5.91 Å². The van der Waals surface area contributed by atoms with Crippen LogP contribution in [-0.2, 0) is 14.8 Å². The summed E-state index contributed by atoms with van der Waals surface area (Å²) < 4.78 is 25.1. The van der Waals surface area contributed by atoms with Crippen LogP contribution in [0.2, 0.25) is 0 Å². The first-order valence-electron chi connectivity index (χ1n) is 8.15. The molecular weight excluding hydrogens is 388 g/mol. The van der Waals surface area contributed by atoms with E-state index in [0.29, 0.717) is 4.31 Å². The van der Waals surface area contributed by atoms with E-state index in [1.807, 2.05) is 0 Å². The number of hydrogen-bond donors (Lipinski definition) is 3. The normalized spacial score (nSPS) is 18.1. The maximum atomic E-state index is 12.5. The van der Waals surface area contributed by atoms with Crippen molar-refractivity contribution in [2.75, 3.05) is 15.4 Å². The lowest BCUT2D eigenvalue weighted by Crippen LogP contribution is -2.30. The molecule has 0 aromatic heterocycles. The third-order valence-corrected chi connectivity index (χ3v) is 6.06. The van der Waals surface area contributed by atoms with E-state index in [2.05, 4.69) is 5.32 Å². The van der Waals surface area contributed by atoms with Gasteiger partial charge in [0.2, 0.25) is 15.9 Å². The number of sulfonamides is 1. The summed E-state index contributed by atoms with van der Waals surface area (Å²) >= 11 is 0. The Labute approximate surface area is 160 Å². The van der Waals surface area contributed by atoms with Gasteiger partial charge in [-0.3, -0.25) is 9.59 Å². The molecule has 0 radical (unpaired) electrons. The van der Waals surface area contributed by atoms with Gasteiger partial charge in [-0.1, -0.05) is 13.0 Å². The maximum absolute atomic E-state index is 12.5. The molecule has 3 N–H and O–H groups in total. The highest BCUT2D eigenvalue weighted by Crippen LogP contribution is 2.29. The van der Waals surface area contributed by atoms with E-state index in [9.17, 15) is 27.9 Å². The third kappa shape index (κ3) is 3.54. The lowest BCUT2D eigenvalue weighted by Gasteiger charge is -2.16. The molecule has 0 aliphatic carbocycles. The minimum atomic E-state index is -3.79. The van der Waals surface area contributed by atoms with Crippen LogP contribution in [0.4, 0.5) is 11.4 Å². The molecule has 28 heavy (non-hydrogen) atoms. The topological polar surface area (TPSA) is 141 Å². The monoisotopic (exact) mass is 404 g/mol. The lowest BCUT2D eigenvalue weighted by molar-refractivity contribution is -0.119. The molecule has 9 nitrogen and oxygen atoms in total. The highest BCUT2D eigenvalue weighted by atomic mass is 32.2. The molecular formula is C18H16N2O7S. The Balaban J connectivity index is 1.86. The molecule has 1 aliphatic heterocycles. The summed E-state index contributed by atoms with van der Waals surface area (Å²) in [5.41, 5.74) is -0.0174. The van der Waals surface area contributed by atoms with E-state index < -0.39 is 39.5 Å². The largest absolute Gasteiger partial charge is 0.507 e. The highest BCUT2D eigenvalue weighted by molar-refractivity contribution is 7.94. The lowest BCUT2D eigenvalue weighted by atomic mass is 10.1. The number of carboxylic acid groups (broad SMARTS) is 1. The Morgan fingerprint density at radius 1 is 1.18 bits per heavy atom. The van der Waals surface area contributed by atoms with Crippen LogP contribution in [0.15, 0.2) is 42.5 Å². The number of amides is 2. The molecule has 0 spiro atoms. The zero-order chi connectivity index (χ0) is 20.6. The number of aromatic hydroxyl groups is 1. The van der Waals surface area contributed by atoms with Crippen molar-refractivity contribution in [3.8, 4) is 5.75 Å². The van der Waals surface area contributed by atoms with Gasteiger partial charge in [0.15, 0.2) is 0 Å². The molecule has 0 unspecified atom stereocenters. The maximum Gasteiger partial charge on any atom is 0.339 e. The second kappa shape index (κ2) is 6.97. The van der Waals surface area contributed by atoms with Gasteiger partial charge >= 0.3 is 5.97 Å². The first-order chi connectivity index (χ1) is 13.1. The van der Waals surface area contributed by atoms with Crippen LogP contribution < -0.4 is 9.62 Å². The Kier molecular flexibility index (Phi) is 4.82. The summed E-state index contributed by atoms with van der Waals surface area (Å²) in [4.78, 5) is 35.6. The van der Waals surface area contributed by atoms with E-state index in [1.54, 1.807) is 0 Å². The Hall–Kier alpha value is -3.40. The predicted molar refractivity (Wildman–Crippen MR) is 99.9 cm³/mol. The van der Waals surface area contributed by atoms with Crippen LogP contribution in [0.1, 0.15) is 27.6 Å². The number of rotatable bonds is 4. The second-order valence-electron chi connectivity index (χ2n) is 6.32. The standard InChI is InChI=1S/C18H16N2O7S/c1-10-9-28(26,27)20(17(10)23)13-4-2-3-11(7-13)16(22)19-12-5-6-14(18(24)25)15(21)8-12/h2-8,10,21H,9H2,1H3,(H,19,22)(H,24,25)/t10-/m1/s1. The quantitative estimate of drug-likeness (QED) is 0.703. The summed E-state index contributed by atoms with van der Waals surface area (Å²) in [6, 6.07) is 9.09. The molecule has 146 valence electrons. The molecule has 2 aromatic carbocycles. The number of anilines is 2. The fraction of sp³-hybridized carbons (Fsp3) is 0.167. The van der Waals surface area contributed by atoms with Crippen molar-refractivity contribution < 1.29 is 33.0 Å². The van der Waals surface area contributed by atoms with Crippen LogP contribution in [0, 0.1) is 5.92 Å². The molecule has 1 heterocycles. The molecule has 1 atom stereocenters. The van der Waals surface area contributed by atoms with Crippen molar-refractivity contribution in [3.63, 3.8) is 0 Å². The number of carbonyl (C=O) groups is 3. The van der Waals surface area contributed by atoms with Crippen LogP contribution >= 0.6 is 0 Å². The number of nitrogens with zero attached hydrogens (tertiary/aromatic N) is 1. The number of carbonyl (C=O) groups excluding carboxylic acids is 2. The van der Waals surface area contributed by atoms with Crippen molar-refractivity contribution >= 4 is 39.2 Å². The SMILES string of the molecule is C[C@@H]1CS(=O)(=O)N(c2cccc(C(=O)Nc3ccc(C(=O)O)c(O)c3)c2)C1=O. The number of carboxylic acids is 1. The van der Waals surface area contributed by atoms with Crippen molar-refractivity contribution in [1.29, 1.82) is 0 Å². The van der Waals surface area contributed by atoms with Gasteiger partial charge in [0.1, 0.15) is 11.3 Å². The molecule has 10 heteroatoms. The van der Waals surface area contributed by atoms with E-state index >= 15 is 0 Å². The summed E-state index contributed by atoms with van der Waals surface area (Å²) in [6.07, 6.45) is 0. The molecule has 1 fully saturated rings. The van der Waals surface area contributed by atoms with Gasteiger partial charge in [-0.2, -0.15) is 0 Å². The van der Waals surface area contributed by atoms with Crippen molar-refractivity contribution in [3.05, 3.63) is 53.6 Å². The summed E-state index contributed by atoms with van der Waals surface area (Å²) in [5, 5.41) is 21.1. The highest BCUT2D eigenvalue weighted by Gasteiger charge is 2.42. The van der Waals surface area contributed by atoms with Crippen LogP contribution in [0.25, 0.3) is 0 Å².